The Balaban J connectivity index is 1.67. The standard InChI is InChI=1S/C19H17Cl2FN2O2/c20-13-9-14(21)11-16(10-13)23-19(26)17-2-1-7-24(17)18(25)8-12-3-5-15(22)6-4-12/h3-6,9-11,17H,1-2,7-8H2,(H,23,26). The summed E-state index contributed by atoms with van der Waals surface area (Å²) < 4.78 is 13.0. The third kappa shape index (κ3) is 4.54. The van der Waals surface area contributed by atoms with Gasteiger partial charge in [-0.25, -0.2) is 4.39 Å². The Labute approximate surface area is 160 Å². The van der Waals surface area contributed by atoms with Crippen LogP contribution in [0.25, 0.3) is 0 Å². The van der Waals surface area contributed by atoms with Crippen molar-refractivity contribution in [3.8, 4) is 0 Å². The molecule has 1 heterocycles. The van der Waals surface area contributed by atoms with Gasteiger partial charge in [-0.2, -0.15) is 0 Å². The minimum absolute atomic E-state index is 0.132. The number of nitrogens with one attached hydrogen (secondary N) is 1. The maximum atomic E-state index is 13.0. The fourth-order valence-corrected chi connectivity index (χ4v) is 3.59. The molecule has 2 amide bonds. The lowest BCUT2D eigenvalue weighted by Crippen LogP contribution is -2.43. The van der Waals surface area contributed by atoms with E-state index in [9.17, 15) is 14.0 Å². The first-order valence-corrected chi connectivity index (χ1v) is 8.99. The summed E-state index contributed by atoms with van der Waals surface area (Å²) in [6.07, 6.45) is 1.48. The van der Waals surface area contributed by atoms with Crippen LogP contribution in [0.2, 0.25) is 10.0 Å². The van der Waals surface area contributed by atoms with Crippen LogP contribution in [-0.2, 0) is 16.0 Å². The van der Waals surface area contributed by atoms with Crippen LogP contribution >= 0.6 is 23.2 Å². The number of amides is 2. The molecule has 0 bridgehead atoms. The van der Waals surface area contributed by atoms with Crippen molar-refractivity contribution in [1.29, 1.82) is 0 Å². The Kier molecular flexibility index (Phi) is 5.79. The second-order valence-electron chi connectivity index (χ2n) is 6.20. The number of halogens is 3. The molecule has 1 aliphatic heterocycles. The number of carbonyl (C=O) groups is 2. The van der Waals surface area contributed by atoms with Crippen LogP contribution in [0.15, 0.2) is 42.5 Å². The third-order valence-electron chi connectivity index (χ3n) is 4.27. The zero-order chi connectivity index (χ0) is 18.7. The highest BCUT2D eigenvalue weighted by atomic mass is 35.5. The van der Waals surface area contributed by atoms with Gasteiger partial charge in [-0.15, -0.1) is 0 Å². The van der Waals surface area contributed by atoms with E-state index in [0.717, 1.165) is 6.42 Å². The fraction of sp³-hybridized carbons (Fsp3) is 0.263. The summed E-state index contributed by atoms with van der Waals surface area (Å²) >= 11 is 11.9. The van der Waals surface area contributed by atoms with Gasteiger partial charge in [0.05, 0.1) is 6.42 Å². The molecule has 26 heavy (non-hydrogen) atoms. The van der Waals surface area contributed by atoms with Crippen molar-refractivity contribution in [2.75, 3.05) is 11.9 Å². The molecule has 0 aliphatic carbocycles. The highest BCUT2D eigenvalue weighted by molar-refractivity contribution is 6.35. The van der Waals surface area contributed by atoms with E-state index < -0.39 is 6.04 Å². The number of rotatable bonds is 4. The van der Waals surface area contributed by atoms with E-state index in [1.54, 1.807) is 35.2 Å². The van der Waals surface area contributed by atoms with Crippen molar-refractivity contribution in [3.63, 3.8) is 0 Å². The summed E-state index contributed by atoms with van der Waals surface area (Å²) in [5.41, 5.74) is 1.20. The first-order valence-electron chi connectivity index (χ1n) is 8.23. The van der Waals surface area contributed by atoms with Gasteiger partial charge in [0.2, 0.25) is 11.8 Å². The molecule has 136 valence electrons. The fourth-order valence-electron chi connectivity index (χ4n) is 3.07. The molecule has 7 heteroatoms. The first kappa shape index (κ1) is 18.7. The van der Waals surface area contributed by atoms with Crippen molar-refractivity contribution in [3.05, 3.63) is 63.9 Å². The van der Waals surface area contributed by atoms with Gasteiger partial charge in [-0.05, 0) is 48.7 Å². The predicted molar refractivity (Wildman–Crippen MR) is 99.9 cm³/mol. The van der Waals surface area contributed by atoms with E-state index >= 15 is 0 Å². The molecule has 1 saturated heterocycles. The average Bonchev–Trinajstić information content (AvgIpc) is 3.06. The molecule has 1 unspecified atom stereocenters. The number of carbonyl (C=O) groups excluding carboxylic acids is 2. The van der Waals surface area contributed by atoms with Crippen LogP contribution in [0.1, 0.15) is 18.4 Å². The maximum absolute atomic E-state index is 13.0. The Bertz CT molecular complexity index is 807. The van der Waals surface area contributed by atoms with Gasteiger partial charge in [0.1, 0.15) is 11.9 Å². The number of benzene rings is 2. The Morgan fingerprint density at radius 2 is 1.77 bits per heavy atom. The minimum atomic E-state index is -0.541. The minimum Gasteiger partial charge on any atom is -0.330 e. The van der Waals surface area contributed by atoms with Crippen LogP contribution < -0.4 is 5.32 Å². The number of likely N-dealkylation sites (tertiary alicyclic amines) is 1. The predicted octanol–water partition coefficient (Wildman–Crippen LogP) is 4.30. The number of hydrogen-bond acceptors (Lipinski definition) is 2. The Hall–Kier alpha value is -2.11. The monoisotopic (exact) mass is 394 g/mol. The van der Waals surface area contributed by atoms with Crippen LogP contribution in [-0.4, -0.2) is 29.3 Å². The molecular formula is C19H17Cl2FN2O2. The molecule has 2 aromatic carbocycles. The molecule has 1 fully saturated rings. The molecule has 0 spiro atoms. The molecule has 0 saturated carbocycles. The van der Waals surface area contributed by atoms with Crippen LogP contribution in [0, 0.1) is 5.82 Å². The largest absolute Gasteiger partial charge is 0.330 e. The Morgan fingerprint density at radius 3 is 2.42 bits per heavy atom. The molecule has 4 nitrogen and oxygen atoms in total. The van der Waals surface area contributed by atoms with E-state index in [2.05, 4.69) is 5.32 Å². The number of nitrogens with zero attached hydrogens (tertiary/aromatic N) is 1. The lowest BCUT2D eigenvalue weighted by Gasteiger charge is -2.24. The van der Waals surface area contributed by atoms with Gasteiger partial charge in [-0.3, -0.25) is 9.59 Å². The second-order valence-corrected chi connectivity index (χ2v) is 7.07. The molecule has 1 N–H and O–H groups in total. The number of anilines is 1. The molecular weight excluding hydrogens is 378 g/mol. The van der Waals surface area contributed by atoms with E-state index in [4.69, 9.17) is 23.2 Å². The smallest absolute Gasteiger partial charge is 0.247 e. The zero-order valence-electron chi connectivity index (χ0n) is 13.8. The summed E-state index contributed by atoms with van der Waals surface area (Å²) in [6, 6.07) is 10.0. The molecule has 1 atom stereocenters. The van der Waals surface area contributed by atoms with Gasteiger partial charge in [0, 0.05) is 22.3 Å². The molecule has 1 aliphatic rings. The van der Waals surface area contributed by atoms with Gasteiger partial charge in [0.15, 0.2) is 0 Å². The van der Waals surface area contributed by atoms with Crippen LogP contribution in [0.4, 0.5) is 10.1 Å². The van der Waals surface area contributed by atoms with Crippen molar-refractivity contribution in [2.24, 2.45) is 0 Å². The van der Waals surface area contributed by atoms with E-state index in [0.29, 0.717) is 34.3 Å². The third-order valence-corrected chi connectivity index (χ3v) is 4.71. The van der Waals surface area contributed by atoms with Crippen molar-refractivity contribution >= 4 is 40.7 Å². The lowest BCUT2D eigenvalue weighted by atomic mass is 10.1. The summed E-state index contributed by atoms with van der Waals surface area (Å²) in [4.78, 5) is 26.8. The Morgan fingerprint density at radius 1 is 1.12 bits per heavy atom. The molecule has 2 aromatic rings. The van der Waals surface area contributed by atoms with Crippen molar-refractivity contribution in [2.45, 2.75) is 25.3 Å². The summed E-state index contributed by atoms with van der Waals surface area (Å²) in [5, 5.41) is 3.61. The summed E-state index contributed by atoms with van der Waals surface area (Å²) in [5.74, 6) is -0.772. The van der Waals surface area contributed by atoms with Gasteiger partial charge in [-0.1, -0.05) is 35.3 Å². The van der Waals surface area contributed by atoms with E-state index in [1.165, 1.54) is 12.1 Å². The highest BCUT2D eigenvalue weighted by Gasteiger charge is 2.34. The topological polar surface area (TPSA) is 49.4 Å². The van der Waals surface area contributed by atoms with Crippen LogP contribution in [0.5, 0.6) is 0 Å². The SMILES string of the molecule is O=C(Nc1cc(Cl)cc(Cl)c1)C1CCCN1C(=O)Cc1ccc(F)cc1. The summed E-state index contributed by atoms with van der Waals surface area (Å²) in [7, 11) is 0. The van der Waals surface area contributed by atoms with Crippen molar-refractivity contribution < 1.29 is 14.0 Å². The zero-order valence-corrected chi connectivity index (χ0v) is 15.4. The quantitative estimate of drug-likeness (QED) is 0.839. The first-order chi connectivity index (χ1) is 12.4. The lowest BCUT2D eigenvalue weighted by molar-refractivity contribution is -0.136. The summed E-state index contributed by atoms with van der Waals surface area (Å²) in [6.45, 7) is 0.522. The molecule has 0 radical (unpaired) electrons. The maximum Gasteiger partial charge on any atom is 0.247 e. The molecule has 0 aromatic heterocycles. The van der Waals surface area contributed by atoms with Gasteiger partial charge < -0.3 is 10.2 Å². The number of hydrogen-bond donors (Lipinski definition) is 1. The van der Waals surface area contributed by atoms with E-state index in [1.807, 2.05) is 0 Å². The van der Waals surface area contributed by atoms with Crippen LogP contribution in [0.3, 0.4) is 0 Å². The van der Waals surface area contributed by atoms with E-state index in [-0.39, 0.29) is 24.1 Å². The normalized spacial score (nSPS) is 16.6. The van der Waals surface area contributed by atoms with Gasteiger partial charge in [0.25, 0.3) is 0 Å². The average molecular weight is 395 g/mol. The highest BCUT2D eigenvalue weighted by Crippen LogP contribution is 2.25. The second kappa shape index (κ2) is 8.06. The van der Waals surface area contributed by atoms with Crippen molar-refractivity contribution in [1.82, 2.24) is 4.90 Å². The van der Waals surface area contributed by atoms with Gasteiger partial charge >= 0.3 is 0 Å². The molecule has 3 rings (SSSR count).